The molecular weight excluding hydrogens is 360 g/mol. The molecule has 2 aliphatic carbocycles. The smallest absolute Gasteiger partial charge is 0.323 e. The number of nitrogens with one attached hydrogen (secondary N) is 2. The van der Waals surface area contributed by atoms with Crippen molar-refractivity contribution in [2.45, 2.75) is 57.6 Å². The first kappa shape index (κ1) is 19.2. The number of hydrogen-bond donors (Lipinski definition) is 2. The minimum atomic E-state index is -0.249. The summed E-state index contributed by atoms with van der Waals surface area (Å²) in [6, 6.07) is 0.0435. The van der Waals surface area contributed by atoms with Gasteiger partial charge in [0.1, 0.15) is 0 Å². The van der Waals surface area contributed by atoms with Crippen LogP contribution in [0.3, 0.4) is 0 Å². The summed E-state index contributed by atoms with van der Waals surface area (Å²) in [4.78, 5) is 45.6. The van der Waals surface area contributed by atoms with E-state index in [2.05, 4.69) is 9.97 Å². The number of carbonyl (C=O) groups is 2. The van der Waals surface area contributed by atoms with E-state index >= 15 is 0 Å². The lowest BCUT2D eigenvalue weighted by molar-refractivity contribution is -0.165. The zero-order chi connectivity index (χ0) is 19.9. The monoisotopic (exact) mass is 390 g/mol. The Morgan fingerprint density at radius 1 is 1.25 bits per heavy atom. The zero-order valence-electron chi connectivity index (χ0n) is 16.7. The highest BCUT2D eigenvalue weighted by atomic mass is 16.5. The van der Waals surface area contributed by atoms with Crippen LogP contribution in [0.1, 0.15) is 44.7 Å². The molecule has 0 aromatic carbocycles. The average molecular weight is 390 g/mol. The highest BCUT2D eigenvalue weighted by Crippen LogP contribution is 2.59. The molecule has 0 radical (unpaired) electrons. The number of methoxy groups -OCH3 is 1. The summed E-state index contributed by atoms with van der Waals surface area (Å²) in [6.45, 7) is 3.80. The van der Waals surface area contributed by atoms with Crippen molar-refractivity contribution in [2.24, 2.45) is 11.3 Å². The van der Waals surface area contributed by atoms with Gasteiger partial charge in [0.15, 0.2) is 0 Å². The van der Waals surface area contributed by atoms with Crippen molar-refractivity contribution >= 4 is 11.8 Å². The fourth-order valence-corrected chi connectivity index (χ4v) is 5.22. The van der Waals surface area contributed by atoms with Gasteiger partial charge in [-0.3, -0.25) is 9.59 Å². The van der Waals surface area contributed by atoms with E-state index in [0.717, 1.165) is 31.4 Å². The molecule has 4 rings (SSSR count). The number of aromatic nitrogens is 2. The van der Waals surface area contributed by atoms with Crippen LogP contribution < -0.4 is 5.69 Å². The molecular formula is C20H30N4O4. The molecule has 1 spiro atoms. The number of carbonyl (C=O) groups excluding carboxylic acids is 2. The fourth-order valence-electron chi connectivity index (χ4n) is 5.22. The Morgan fingerprint density at radius 2 is 2.00 bits per heavy atom. The summed E-state index contributed by atoms with van der Waals surface area (Å²) in [7, 11) is 1.76. The summed E-state index contributed by atoms with van der Waals surface area (Å²) >= 11 is 0. The second-order valence-electron chi connectivity index (χ2n) is 8.86. The summed E-state index contributed by atoms with van der Waals surface area (Å²) in [6.07, 6.45) is 7.04. The van der Waals surface area contributed by atoms with Crippen LogP contribution in [0.25, 0.3) is 0 Å². The third kappa shape index (κ3) is 3.62. The van der Waals surface area contributed by atoms with Crippen molar-refractivity contribution in [2.75, 3.05) is 26.7 Å². The molecule has 1 saturated heterocycles. The molecule has 3 fully saturated rings. The predicted octanol–water partition coefficient (Wildman–Crippen LogP) is 0.900. The molecule has 1 aliphatic heterocycles. The lowest BCUT2D eigenvalue weighted by atomic mass is 9.50. The van der Waals surface area contributed by atoms with Gasteiger partial charge in [0.2, 0.25) is 11.8 Å². The van der Waals surface area contributed by atoms with Gasteiger partial charge in [-0.05, 0) is 44.4 Å². The first-order valence-electron chi connectivity index (χ1n) is 10.3. The van der Waals surface area contributed by atoms with Crippen molar-refractivity contribution in [3.05, 3.63) is 22.4 Å². The first-order valence-corrected chi connectivity index (χ1v) is 10.3. The zero-order valence-corrected chi connectivity index (χ0v) is 16.7. The number of H-pyrrole nitrogens is 2. The van der Waals surface area contributed by atoms with E-state index in [4.69, 9.17) is 4.74 Å². The number of hydrogen-bond acceptors (Lipinski definition) is 4. The van der Waals surface area contributed by atoms with Crippen LogP contribution in [0.5, 0.6) is 0 Å². The Hall–Kier alpha value is -2.09. The largest absolute Gasteiger partial charge is 0.381 e. The van der Waals surface area contributed by atoms with Gasteiger partial charge in [-0.1, -0.05) is 0 Å². The van der Waals surface area contributed by atoms with E-state index in [1.165, 1.54) is 0 Å². The van der Waals surface area contributed by atoms with Gasteiger partial charge < -0.3 is 24.5 Å². The molecule has 2 saturated carbocycles. The van der Waals surface area contributed by atoms with Crippen LogP contribution in [0.15, 0.2) is 11.0 Å². The molecule has 1 atom stereocenters. The Kier molecular flexibility index (Phi) is 5.07. The van der Waals surface area contributed by atoms with Gasteiger partial charge in [-0.15, -0.1) is 0 Å². The van der Waals surface area contributed by atoms with Gasteiger partial charge >= 0.3 is 5.69 Å². The minimum Gasteiger partial charge on any atom is -0.381 e. The minimum absolute atomic E-state index is 0.0435. The molecule has 3 aliphatic rings. The quantitative estimate of drug-likeness (QED) is 0.780. The molecule has 2 heterocycles. The van der Waals surface area contributed by atoms with Crippen molar-refractivity contribution in [3.8, 4) is 0 Å². The van der Waals surface area contributed by atoms with Gasteiger partial charge in [0.05, 0.1) is 6.10 Å². The van der Waals surface area contributed by atoms with Crippen molar-refractivity contribution in [1.82, 2.24) is 19.8 Å². The van der Waals surface area contributed by atoms with Crippen LogP contribution >= 0.6 is 0 Å². The van der Waals surface area contributed by atoms with Crippen LogP contribution in [-0.4, -0.2) is 70.5 Å². The maximum absolute atomic E-state index is 12.9. The first-order chi connectivity index (χ1) is 13.4. The Bertz CT molecular complexity index is 786. The van der Waals surface area contributed by atoms with Crippen molar-refractivity contribution < 1.29 is 14.3 Å². The number of aromatic amines is 2. The second-order valence-corrected chi connectivity index (χ2v) is 8.86. The topological polar surface area (TPSA) is 98.5 Å². The number of rotatable bonds is 5. The van der Waals surface area contributed by atoms with E-state index < -0.39 is 0 Å². The molecule has 0 bridgehead atoms. The van der Waals surface area contributed by atoms with E-state index in [-0.39, 0.29) is 29.5 Å². The molecule has 1 unspecified atom stereocenters. The summed E-state index contributed by atoms with van der Waals surface area (Å²) in [5.41, 5.74) is 0.854. The van der Waals surface area contributed by atoms with Crippen LogP contribution in [0, 0.1) is 11.3 Å². The van der Waals surface area contributed by atoms with Crippen molar-refractivity contribution in [3.63, 3.8) is 0 Å². The Labute approximate surface area is 164 Å². The fraction of sp³-hybridized carbons (Fsp3) is 0.750. The lowest BCUT2D eigenvalue weighted by Gasteiger charge is -2.57. The number of ether oxygens (including phenoxy) is 1. The maximum atomic E-state index is 12.9. The number of nitrogens with zero attached hydrogens (tertiary/aromatic N) is 2. The third-order valence-corrected chi connectivity index (χ3v) is 6.89. The van der Waals surface area contributed by atoms with Gasteiger partial charge in [-0.25, -0.2) is 4.79 Å². The normalized spacial score (nSPS) is 32.1. The van der Waals surface area contributed by atoms with Gasteiger partial charge in [-0.2, -0.15) is 0 Å². The molecule has 28 heavy (non-hydrogen) atoms. The molecule has 154 valence electrons. The predicted molar refractivity (Wildman–Crippen MR) is 103 cm³/mol. The van der Waals surface area contributed by atoms with Gasteiger partial charge in [0.25, 0.3) is 0 Å². The molecule has 1 aromatic rings. The third-order valence-electron chi connectivity index (χ3n) is 6.89. The molecule has 1 aromatic heterocycles. The second kappa shape index (κ2) is 7.39. The maximum Gasteiger partial charge on any atom is 0.323 e. The van der Waals surface area contributed by atoms with Crippen LogP contribution in [0.4, 0.5) is 0 Å². The Morgan fingerprint density at radius 3 is 2.61 bits per heavy atom. The highest BCUT2D eigenvalue weighted by Gasteiger charge is 2.55. The van der Waals surface area contributed by atoms with Crippen LogP contribution in [0.2, 0.25) is 0 Å². The Balaban J connectivity index is 1.23. The lowest BCUT2D eigenvalue weighted by Crippen LogP contribution is -2.60. The standard InChI is InChI=1S/C20H30N4O4/c1-13-12-23(17(25)4-3-15-11-21-19(27)22-15)5-6-24(13)18(26)14-7-20(8-14)9-16(10-20)28-2/h11,13-14,16H,3-10,12H2,1-2H3,(H2,21,22,27). The van der Waals surface area contributed by atoms with E-state index in [9.17, 15) is 14.4 Å². The van der Waals surface area contributed by atoms with E-state index in [1.54, 1.807) is 13.3 Å². The molecule has 8 nitrogen and oxygen atoms in total. The summed E-state index contributed by atoms with van der Waals surface area (Å²) in [5, 5.41) is 0. The summed E-state index contributed by atoms with van der Waals surface area (Å²) < 4.78 is 5.38. The average Bonchev–Trinajstić information content (AvgIpc) is 3.02. The number of piperazine rings is 1. The number of aryl methyl sites for hydroxylation is 1. The van der Waals surface area contributed by atoms with Crippen LogP contribution in [-0.2, 0) is 20.7 Å². The molecule has 8 heteroatoms. The number of imidazole rings is 1. The van der Waals surface area contributed by atoms with Crippen molar-refractivity contribution in [1.29, 1.82) is 0 Å². The number of amides is 2. The van der Waals surface area contributed by atoms with Gasteiger partial charge in [0, 0.05) is 57.0 Å². The molecule has 2 N–H and O–H groups in total. The SMILES string of the molecule is COC1CC2(C1)CC(C(=O)N1CCN(C(=O)CCc3c[nH]c(=O)[nH]3)CC1C)C2. The molecule has 2 amide bonds. The highest BCUT2D eigenvalue weighted by molar-refractivity contribution is 5.81. The summed E-state index contributed by atoms with van der Waals surface area (Å²) in [5.74, 6) is 0.479. The van der Waals surface area contributed by atoms with E-state index in [0.29, 0.717) is 44.0 Å². The van der Waals surface area contributed by atoms with E-state index in [1.807, 2.05) is 16.7 Å².